The minimum Gasteiger partial charge on any atom is -0.493 e. The highest BCUT2D eigenvalue weighted by Gasteiger charge is 2.14. The molecule has 0 aliphatic rings. The highest BCUT2D eigenvalue weighted by Crippen LogP contribution is 2.25. The molecule has 0 aromatic heterocycles. The first kappa shape index (κ1) is 17.9. The fourth-order valence-electron chi connectivity index (χ4n) is 2.52. The van der Waals surface area contributed by atoms with E-state index >= 15 is 0 Å². The fraction of sp³-hybridized carbons (Fsp3) is 0.350. The Kier molecular flexibility index (Phi) is 6.24. The molecular weight excluding hydrogens is 302 g/mol. The molecule has 24 heavy (non-hydrogen) atoms. The van der Waals surface area contributed by atoms with Gasteiger partial charge in [-0.25, -0.2) is 0 Å². The molecule has 2 rings (SSSR count). The van der Waals surface area contributed by atoms with Crippen molar-refractivity contribution in [2.45, 2.75) is 33.2 Å². The van der Waals surface area contributed by atoms with Crippen molar-refractivity contribution in [2.75, 3.05) is 13.7 Å². The van der Waals surface area contributed by atoms with Crippen LogP contribution in [0, 0.1) is 13.8 Å². The Balaban J connectivity index is 1.98. The molecule has 0 saturated carbocycles. The lowest BCUT2D eigenvalue weighted by atomic mass is 9.99. The summed E-state index contributed by atoms with van der Waals surface area (Å²) in [5, 5.41) is 3.03. The summed E-state index contributed by atoms with van der Waals surface area (Å²) in [7, 11) is 1.58. The van der Waals surface area contributed by atoms with E-state index in [2.05, 4.69) is 44.3 Å². The van der Waals surface area contributed by atoms with Crippen molar-refractivity contribution < 1.29 is 14.3 Å². The van der Waals surface area contributed by atoms with Crippen LogP contribution in [-0.2, 0) is 4.79 Å². The lowest BCUT2D eigenvalue weighted by molar-refractivity contribution is -0.123. The summed E-state index contributed by atoms with van der Waals surface area (Å²) in [6, 6.07) is 13.6. The number of aryl methyl sites for hydroxylation is 2. The minimum atomic E-state index is -0.147. The number of hydrogen-bond acceptors (Lipinski definition) is 3. The Labute approximate surface area is 143 Å². The molecule has 0 radical (unpaired) electrons. The lowest BCUT2D eigenvalue weighted by Gasteiger charge is -2.19. The van der Waals surface area contributed by atoms with E-state index in [0.717, 1.165) is 12.0 Å². The largest absolute Gasteiger partial charge is 0.493 e. The van der Waals surface area contributed by atoms with Crippen molar-refractivity contribution in [1.82, 2.24) is 5.32 Å². The van der Waals surface area contributed by atoms with Crippen LogP contribution >= 0.6 is 0 Å². The number of amides is 1. The maximum absolute atomic E-state index is 12.2. The Morgan fingerprint density at radius 3 is 2.42 bits per heavy atom. The van der Waals surface area contributed by atoms with Gasteiger partial charge in [-0.2, -0.15) is 0 Å². The molecular formula is C20H25NO3. The number of benzene rings is 2. The zero-order valence-corrected chi connectivity index (χ0v) is 14.8. The van der Waals surface area contributed by atoms with Gasteiger partial charge in [-0.15, -0.1) is 0 Å². The normalized spacial score (nSPS) is 11.7. The van der Waals surface area contributed by atoms with Crippen LogP contribution in [0.1, 0.15) is 36.1 Å². The van der Waals surface area contributed by atoms with Crippen molar-refractivity contribution >= 4 is 5.91 Å². The molecule has 0 spiro atoms. The highest BCUT2D eigenvalue weighted by atomic mass is 16.5. The van der Waals surface area contributed by atoms with Crippen molar-refractivity contribution in [3.63, 3.8) is 0 Å². The molecule has 0 bridgehead atoms. The number of rotatable bonds is 7. The number of hydrogen-bond donors (Lipinski definition) is 1. The van der Waals surface area contributed by atoms with Gasteiger partial charge in [0.25, 0.3) is 5.91 Å². The molecule has 1 atom stereocenters. The first-order valence-corrected chi connectivity index (χ1v) is 8.17. The standard InChI is InChI=1S/C20H25NO3/c1-5-17(16-11-10-14(2)15(3)12-16)21-20(22)13-24-19-9-7-6-8-18(19)23-4/h6-12,17H,5,13H2,1-4H3,(H,21,22). The topological polar surface area (TPSA) is 47.6 Å². The summed E-state index contributed by atoms with van der Waals surface area (Å²) in [6.45, 7) is 6.18. The minimum absolute atomic E-state index is 0.0157. The summed E-state index contributed by atoms with van der Waals surface area (Å²) in [5.74, 6) is 1.03. The van der Waals surface area contributed by atoms with E-state index < -0.39 is 0 Å². The van der Waals surface area contributed by atoms with Crippen LogP contribution in [0.4, 0.5) is 0 Å². The van der Waals surface area contributed by atoms with Crippen LogP contribution in [-0.4, -0.2) is 19.6 Å². The molecule has 1 N–H and O–H groups in total. The number of methoxy groups -OCH3 is 1. The van der Waals surface area contributed by atoms with E-state index in [-0.39, 0.29) is 18.6 Å². The monoisotopic (exact) mass is 327 g/mol. The smallest absolute Gasteiger partial charge is 0.258 e. The Bertz CT molecular complexity index is 697. The van der Waals surface area contributed by atoms with Gasteiger partial charge in [0.1, 0.15) is 0 Å². The number of nitrogens with one attached hydrogen (secondary N) is 1. The number of carbonyl (C=O) groups excluding carboxylic acids is 1. The van der Waals surface area contributed by atoms with Crippen molar-refractivity contribution in [3.8, 4) is 11.5 Å². The molecule has 0 aliphatic carbocycles. The summed E-state index contributed by atoms with van der Waals surface area (Å²) in [4.78, 5) is 12.2. The zero-order chi connectivity index (χ0) is 17.5. The predicted octanol–water partition coefficient (Wildman–Crippen LogP) is 3.96. The van der Waals surface area contributed by atoms with Crippen molar-refractivity contribution in [2.24, 2.45) is 0 Å². The van der Waals surface area contributed by atoms with E-state index in [1.165, 1.54) is 11.1 Å². The summed E-state index contributed by atoms with van der Waals surface area (Å²) < 4.78 is 10.8. The van der Waals surface area contributed by atoms with E-state index in [4.69, 9.17) is 9.47 Å². The number of para-hydroxylation sites is 2. The van der Waals surface area contributed by atoms with Crippen LogP contribution in [0.3, 0.4) is 0 Å². The summed E-state index contributed by atoms with van der Waals surface area (Å²) in [6.07, 6.45) is 0.822. The van der Waals surface area contributed by atoms with Crippen LogP contribution < -0.4 is 14.8 Å². The van der Waals surface area contributed by atoms with Gasteiger partial charge in [-0.05, 0) is 49.1 Å². The molecule has 0 aliphatic heterocycles. The van der Waals surface area contributed by atoms with Gasteiger partial charge in [0.15, 0.2) is 18.1 Å². The summed E-state index contributed by atoms with van der Waals surface area (Å²) in [5.41, 5.74) is 3.59. The van der Waals surface area contributed by atoms with Gasteiger partial charge in [0.2, 0.25) is 0 Å². The van der Waals surface area contributed by atoms with Gasteiger partial charge in [0.05, 0.1) is 13.2 Å². The third kappa shape index (κ3) is 4.51. The molecule has 2 aromatic carbocycles. The molecule has 2 aromatic rings. The summed E-state index contributed by atoms with van der Waals surface area (Å²) >= 11 is 0. The SMILES string of the molecule is CCC(NC(=O)COc1ccccc1OC)c1ccc(C)c(C)c1. The van der Waals surface area contributed by atoms with Crippen molar-refractivity contribution in [1.29, 1.82) is 0 Å². The second-order valence-electron chi connectivity index (χ2n) is 5.81. The number of ether oxygens (including phenoxy) is 2. The van der Waals surface area contributed by atoms with Crippen molar-refractivity contribution in [3.05, 3.63) is 59.2 Å². The Hall–Kier alpha value is -2.49. The van der Waals surface area contributed by atoms with Gasteiger partial charge < -0.3 is 14.8 Å². The second-order valence-corrected chi connectivity index (χ2v) is 5.81. The second kappa shape index (κ2) is 8.39. The van der Waals surface area contributed by atoms with E-state index in [1.807, 2.05) is 12.1 Å². The quantitative estimate of drug-likeness (QED) is 0.837. The van der Waals surface area contributed by atoms with Gasteiger partial charge >= 0.3 is 0 Å². The Morgan fingerprint density at radius 2 is 1.79 bits per heavy atom. The van der Waals surface area contributed by atoms with Gasteiger partial charge in [-0.3, -0.25) is 4.79 Å². The Morgan fingerprint density at radius 1 is 1.08 bits per heavy atom. The van der Waals surface area contributed by atoms with Crippen LogP contribution in [0.2, 0.25) is 0 Å². The average Bonchev–Trinajstić information content (AvgIpc) is 2.60. The van der Waals surface area contributed by atoms with E-state index in [1.54, 1.807) is 19.2 Å². The maximum Gasteiger partial charge on any atom is 0.258 e. The third-order valence-corrected chi connectivity index (χ3v) is 4.10. The molecule has 0 saturated heterocycles. The van der Waals surface area contributed by atoms with Gasteiger partial charge in [-0.1, -0.05) is 37.3 Å². The first-order chi connectivity index (χ1) is 11.5. The average molecular weight is 327 g/mol. The molecule has 4 nitrogen and oxygen atoms in total. The predicted molar refractivity (Wildman–Crippen MR) is 95.6 cm³/mol. The molecule has 1 unspecified atom stereocenters. The third-order valence-electron chi connectivity index (χ3n) is 4.10. The van der Waals surface area contributed by atoms with E-state index in [9.17, 15) is 4.79 Å². The molecule has 128 valence electrons. The fourth-order valence-corrected chi connectivity index (χ4v) is 2.52. The van der Waals surface area contributed by atoms with Crippen LogP contribution in [0.5, 0.6) is 11.5 Å². The zero-order valence-electron chi connectivity index (χ0n) is 14.8. The molecule has 0 fully saturated rings. The first-order valence-electron chi connectivity index (χ1n) is 8.17. The van der Waals surface area contributed by atoms with Gasteiger partial charge in [0, 0.05) is 0 Å². The van der Waals surface area contributed by atoms with Crippen LogP contribution in [0.15, 0.2) is 42.5 Å². The maximum atomic E-state index is 12.2. The molecule has 4 heteroatoms. The molecule has 1 amide bonds. The van der Waals surface area contributed by atoms with E-state index in [0.29, 0.717) is 11.5 Å². The lowest BCUT2D eigenvalue weighted by Crippen LogP contribution is -2.32. The van der Waals surface area contributed by atoms with Crippen LogP contribution in [0.25, 0.3) is 0 Å². The molecule has 0 heterocycles. The number of carbonyl (C=O) groups is 1. The highest BCUT2D eigenvalue weighted by molar-refractivity contribution is 5.78.